The molecule has 8 aromatic carbocycles. The maximum atomic E-state index is 10.5. The summed E-state index contributed by atoms with van der Waals surface area (Å²) in [5.41, 5.74) is 25.8. The molecular weight excluding hydrogens is 1170 g/mol. The van der Waals surface area contributed by atoms with Gasteiger partial charge in [-0.2, -0.15) is 5.26 Å². The Morgan fingerprint density at radius 1 is 0.368 bits per heavy atom. The third-order valence-corrected chi connectivity index (χ3v) is 21.3. The van der Waals surface area contributed by atoms with Gasteiger partial charge in [0.25, 0.3) is 0 Å². The van der Waals surface area contributed by atoms with Crippen LogP contribution in [-0.2, 0) is 37.9 Å². The first kappa shape index (κ1) is 63.7. The third-order valence-electron chi connectivity index (χ3n) is 20.2. The summed E-state index contributed by atoms with van der Waals surface area (Å²) in [5.74, 6) is 0. The Hall–Kier alpha value is -8.64. The molecule has 0 radical (unpaired) electrons. The van der Waals surface area contributed by atoms with E-state index >= 15 is 0 Å². The number of fused-ring (bicyclic) bond motifs is 10. The Kier molecular flexibility index (Phi) is 14.6. The topological polar surface area (TPSA) is 62.7 Å². The summed E-state index contributed by atoms with van der Waals surface area (Å²) >= 11 is 1.92. The van der Waals surface area contributed by atoms with Crippen LogP contribution in [0, 0.1) is 11.3 Å². The van der Waals surface area contributed by atoms with Crippen LogP contribution in [0.4, 0.5) is 17.1 Å². The molecule has 0 fully saturated rings. The van der Waals surface area contributed by atoms with Gasteiger partial charge in [-0.25, -0.2) is 0 Å². The third kappa shape index (κ3) is 10.9. The van der Waals surface area contributed by atoms with Crippen LogP contribution in [-0.4, -0.2) is 25.8 Å². The van der Waals surface area contributed by atoms with Crippen molar-refractivity contribution in [1.82, 2.24) is 19.1 Å². The van der Waals surface area contributed by atoms with Crippen LogP contribution in [0.2, 0.25) is 0 Å². The lowest BCUT2D eigenvalue weighted by Crippen LogP contribution is -2.60. The normalized spacial score (nSPS) is 13.9. The summed E-state index contributed by atoms with van der Waals surface area (Å²) in [6, 6.07) is 67.7. The number of anilines is 3. The first-order chi connectivity index (χ1) is 44.4. The number of nitrogens with zero attached hydrogens (tertiary/aromatic N) is 6. The van der Waals surface area contributed by atoms with E-state index < -0.39 is 0 Å². The smallest absolute Gasteiger partial charge is 0.249 e. The second-order valence-corrected chi connectivity index (χ2v) is 35.5. The molecule has 6 heterocycles. The van der Waals surface area contributed by atoms with E-state index in [9.17, 15) is 5.26 Å². The number of pyridine rings is 2. The van der Waals surface area contributed by atoms with Crippen LogP contribution < -0.4 is 21.3 Å². The van der Waals surface area contributed by atoms with Crippen LogP contribution in [0.1, 0.15) is 190 Å². The first-order valence-electron chi connectivity index (χ1n) is 34.1. The van der Waals surface area contributed by atoms with Gasteiger partial charge in [0, 0.05) is 87.4 Å². The lowest BCUT2D eigenvalue weighted by molar-refractivity contribution is 0.569. The second-order valence-electron chi connectivity index (χ2n) is 34.4. The summed E-state index contributed by atoms with van der Waals surface area (Å²) in [4.78, 5) is 16.6. The maximum Gasteiger partial charge on any atom is 0.249 e. The molecular formula is C87H91BN6S. The average Bonchev–Trinajstić information content (AvgIpc) is 1.73. The monoisotopic (exact) mass is 1260 g/mol. The fraction of sp³-hybridized carbons (Fsp3) is 0.322. The molecule has 2 aliphatic heterocycles. The molecule has 478 valence electrons. The van der Waals surface area contributed by atoms with E-state index in [4.69, 9.17) is 9.97 Å². The summed E-state index contributed by atoms with van der Waals surface area (Å²) in [6.45, 7) is 48.2. The van der Waals surface area contributed by atoms with Gasteiger partial charge < -0.3 is 14.0 Å². The number of nitriles is 1. The van der Waals surface area contributed by atoms with Gasteiger partial charge in [0.1, 0.15) is 0 Å². The largest absolute Gasteiger partial charge is 0.310 e. The molecule has 0 saturated heterocycles. The predicted octanol–water partition coefficient (Wildman–Crippen LogP) is 21.7. The number of rotatable bonds is 5. The summed E-state index contributed by atoms with van der Waals surface area (Å²) in [6.07, 6.45) is 0. The standard InChI is InChI=1S/C87H91BN6S/c1-81(2,3)52-29-37-70-60(41-52)59-40-51(50-89)28-36-69(59)92(70)57-32-34-65-73(48-57)94(80-63(67-24-22-26-77(90-67)86(16,17)18)44-55(84(10,11)12)45-64(80)68-25-23-27-78(91-68)87(19,20)21)74-46-56(85(13,14)15)47-76-79(74)88(65)66-35-33-58(49-75(66)95-76)93-71-38-30-53(82(4,5)6)42-61(71)62-43-54(83(7,8)9)31-39-72(62)93/h22-49H,1-21H3. The van der Waals surface area contributed by atoms with Crippen molar-refractivity contribution in [2.45, 2.75) is 193 Å². The van der Waals surface area contributed by atoms with E-state index in [0.29, 0.717) is 5.56 Å². The Bertz CT molecular complexity index is 5080. The van der Waals surface area contributed by atoms with Gasteiger partial charge >= 0.3 is 0 Å². The first-order valence-corrected chi connectivity index (χ1v) is 34.9. The molecule has 0 N–H and O–H groups in total. The Morgan fingerprint density at radius 3 is 1.23 bits per heavy atom. The number of benzene rings is 8. The predicted molar refractivity (Wildman–Crippen MR) is 407 cm³/mol. The number of aromatic nitrogens is 4. The average molecular weight is 1260 g/mol. The molecule has 0 aliphatic carbocycles. The van der Waals surface area contributed by atoms with Crippen LogP contribution >= 0.6 is 11.8 Å². The summed E-state index contributed by atoms with van der Waals surface area (Å²) in [5, 5.41) is 15.2. The molecule has 14 rings (SSSR count). The zero-order valence-electron chi connectivity index (χ0n) is 59.8. The van der Waals surface area contributed by atoms with Crippen LogP contribution in [0.15, 0.2) is 180 Å². The molecule has 0 amide bonds. The fourth-order valence-electron chi connectivity index (χ4n) is 14.4. The van der Waals surface area contributed by atoms with Gasteiger partial charge in [-0.05, 0) is 193 Å². The van der Waals surface area contributed by atoms with E-state index in [1.54, 1.807) is 0 Å². The Morgan fingerprint density at radius 2 is 0.789 bits per heavy atom. The van der Waals surface area contributed by atoms with Crippen molar-refractivity contribution in [2.24, 2.45) is 0 Å². The lowest BCUT2D eigenvalue weighted by atomic mass is 9.34. The quantitative estimate of drug-likeness (QED) is 0.161. The Labute approximate surface area is 569 Å². The highest BCUT2D eigenvalue weighted by Crippen LogP contribution is 2.53. The molecule has 95 heavy (non-hydrogen) atoms. The minimum Gasteiger partial charge on any atom is -0.310 e. The van der Waals surface area contributed by atoms with Crippen molar-refractivity contribution in [3.8, 4) is 40.0 Å². The molecule has 4 aromatic heterocycles. The van der Waals surface area contributed by atoms with Gasteiger partial charge in [0.2, 0.25) is 6.71 Å². The van der Waals surface area contributed by atoms with E-state index in [-0.39, 0.29) is 44.6 Å². The van der Waals surface area contributed by atoms with Crippen molar-refractivity contribution in [3.63, 3.8) is 0 Å². The van der Waals surface area contributed by atoms with Gasteiger partial charge in [0.15, 0.2) is 0 Å². The summed E-state index contributed by atoms with van der Waals surface area (Å²) < 4.78 is 4.96. The Balaban J connectivity index is 1.11. The van der Waals surface area contributed by atoms with Crippen molar-refractivity contribution in [2.75, 3.05) is 4.90 Å². The minimum absolute atomic E-state index is 0.0132. The highest BCUT2D eigenvalue weighted by atomic mass is 32.2. The highest BCUT2D eigenvalue weighted by molar-refractivity contribution is 8.00. The molecule has 0 atom stereocenters. The highest BCUT2D eigenvalue weighted by Gasteiger charge is 2.44. The zero-order chi connectivity index (χ0) is 67.8. The van der Waals surface area contributed by atoms with Crippen LogP contribution in [0.5, 0.6) is 0 Å². The molecule has 0 spiro atoms. The molecule has 0 bridgehead atoms. The minimum atomic E-state index is -0.243. The maximum absolute atomic E-state index is 10.5. The molecule has 0 unspecified atom stereocenters. The molecule has 6 nitrogen and oxygen atoms in total. The molecule has 2 aliphatic rings. The lowest BCUT2D eigenvalue weighted by Gasteiger charge is -2.43. The number of hydrogen-bond donors (Lipinski definition) is 0. The molecule has 12 aromatic rings. The number of hydrogen-bond acceptors (Lipinski definition) is 5. The van der Waals surface area contributed by atoms with Crippen LogP contribution in [0.3, 0.4) is 0 Å². The van der Waals surface area contributed by atoms with E-state index in [1.807, 2.05) is 17.8 Å². The fourth-order valence-corrected chi connectivity index (χ4v) is 15.7. The molecule has 0 saturated carbocycles. The summed E-state index contributed by atoms with van der Waals surface area (Å²) in [7, 11) is 0. The van der Waals surface area contributed by atoms with Crippen molar-refractivity contribution < 1.29 is 0 Å². The van der Waals surface area contributed by atoms with E-state index in [0.717, 1.165) is 84.1 Å². The van der Waals surface area contributed by atoms with Gasteiger partial charge in [-0.3, -0.25) is 9.97 Å². The van der Waals surface area contributed by atoms with Crippen molar-refractivity contribution in [1.29, 1.82) is 5.26 Å². The van der Waals surface area contributed by atoms with E-state index in [1.165, 1.54) is 75.8 Å². The van der Waals surface area contributed by atoms with Crippen LogP contribution in [0.25, 0.3) is 77.5 Å². The van der Waals surface area contributed by atoms with Crippen molar-refractivity contribution >= 4 is 95.5 Å². The second kappa shape index (κ2) is 21.7. The van der Waals surface area contributed by atoms with Gasteiger partial charge in [-0.15, -0.1) is 0 Å². The van der Waals surface area contributed by atoms with Crippen molar-refractivity contribution in [3.05, 3.63) is 215 Å². The zero-order valence-corrected chi connectivity index (χ0v) is 60.7. The SMILES string of the molecule is CC(C)(C)c1cc(-c2cccc(C(C)(C)C)n2)c(N2c3cc(-n4c5ccc(C#N)cc5c5cc(C(C)(C)C)ccc54)ccc3B3c4ccc(-n5c6ccc(C(C)(C)C)cc6c6cc(C(C)(C)C)ccc65)cc4Sc4cc(C(C)(C)C)cc2c43)c(-c2cccc(C(C)(C)C)n2)c1. The van der Waals surface area contributed by atoms with E-state index in [2.05, 4.69) is 329 Å². The van der Waals surface area contributed by atoms with Gasteiger partial charge in [0.05, 0.1) is 50.8 Å². The van der Waals surface area contributed by atoms with Gasteiger partial charge in [-0.1, -0.05) is 205 Å². The molecule has 8 heteroatoms.